The van der Waals surface area contributed by atoms with Gasteiger partial charge >= 0.3 is 0 Å². The zero-order chi connectivity index (χ0) is 18.1. The third-order valence-corrected chi connectivity index (χ3v) is 5.07. The van der Waals surface area contributed by atoms with Crippen molar-refractivity contribution in [3.05, 3.63) is 53.2 Å². The number of nitrogen functional groups attached to an aromatic ring is 1. The van der Waals surface area contributed by atoms with Crippen molar-refractivity contribution in [3.8, 4) is 22.9 Å². The lowest BCUT2D eigenvalue weighted by Gasteiger charge is -2.22. The molecule has 1 aliphatic rings. The number of ether oxygens (including phenoxy) is 1. The van der Waals surface area contributed by atoms with Crippen LogP contribution in [0.2, 0.25) is 0 Å². The standard InChI is InChI=1S/C22H21N3O/c1-2-26-20-12-11-16(14-7-3-4-8-15(14)20)21-17-9-5-6-10-19(17)25-22(24)18(21)13-23/h3-4,7-8,11-12H,2,5-6,9-10H2,1H3,(H2,24,25). The lowest BCUT2D eigenvalue weighted by molar-refractivity contribution is 0.344. The molecule has 4 nitrogen and oxygen atoms in total. The molecule has 0 fully saturated rings. The molecule has 0 radical (unpaired) electrons. The Morgan fingerprint density at radius 3 is 2.65 bits per heavy atom. The summed E-state index contributed by atoms with van der Waals surface area (Å²) in [4.78, 5) is 4.53. The van der Waals surface area contributed by atoms with Crippen LogP contribution in [0.4, 0.5) is 5.82 Å². The molecular weight excluding hydrogens is 322 g/mol. The molecule has 3 aromatic rings. The van der Waals surface area contributed by atoms with E-state index in [4.69, 9.17) is 10.5 Å². The highest BCUT2D eigenvalue weighted by molar-refractivity contribution is 6.02. The number of anilines is 1. The Kier molecular flexibility index (Phi) is 4.22. The number of aromatic nitrogens is 1. The van der Waals surface area contributed by atoms with E-state index in [-0.39, 0.29) is 0 Å². The van der Waals surface area contributed by atoms with Crippen LogP contribution >= 0.6 is 0 Å². The van der Waals surface area contributed by atoms with Gasteiger partial charge in [-0.15, -0.1) is 0 Å². The van der Waals surface area contributed by atoms with E-state index in [0.717, 1.165) is 59.0 Å². The third kappa shape index (κ3) is 2.57. The van der Waals surface area contributed by atoms with Gasteiger partial charge in [-0.25, -0.2) is 4.98 Å². The number of hydrogen-bond acceptors (Lipinski definition) is 4. The number of aryl methyl sites for hydroxylation is 1. The largest absolute Gasteiger partial charge is 0.493 e. The molecule has 4 heteroatoms. The quantitative estimate of drug-likeness (QED) is 0.752. The summed E-state index contributed by atoms with van der Waals surface area (Å²) >= 11 is 0. The van der Waals surface area contributed by atoms with Gasteiger partial charge in [-0.3, -0.25) is 0 Å². The van der Waals surface area contributed by atoms with Gasteiger partial charge in [0, 0.05) is 16.6 Å². The van der Waals surface area contributed by atoms with Gasteiger partial charge in [-0.2, -0.15) is 5.26 Å². The van der Waals surface area contributed by atoms with Crippen LogP contribution in [0.5, 0.6) is 5.75 Å². The smallest absolute Gasteiger partial charge is 0.142 e. The average Bonchev–Trinajstić information content (AvgIpc) is 2.67. The van der Waals surface area contributed by atoms with Crippen LogP contribution in [0.1, 0.15) is 36.6 Å². The minimum Gasteiger partial charge on any atom is -0.493 e. The van der Waals surface area contributed by atoms with Crippen molar-refractivity contribution in [1.82, 2.24) is 4.98 Å². The Morgan fingerprint density at radius 1 is 1.12 bits per heavy atom. The third-order valence-electron chi connectivity index (χ3n) is 5.07. The fourth-order valence-electron chi connectivity index (χ4n) is 3.94. The molecule has 2 N–H and O–H groups in total. The number of nitriles is 1. The summed E-state index contributed by atoms with van der Waals surface area (Å²) in [6.07, 6.45) is 4.10. The highest BCUT2D eigenvalue weighted by atomic mass is 16.5. The zero-order valence-corrected chi connectivity index (χ0v) is 14.9. The predicted molar refractivity (Wildman–Crippen MR) is 104 cm³/mol. The number of hydrogen-bond donors (Lipinski definition) is 1. The highest BCUT2D eigenvalue weighted by Gasteiger charge is 2.23. The van der Waals surface area contributed by atoms with Gasteiger partial charge in [-0.1, -0.05) is 24.3 Å². The van der Waals surface area contributed by atoms with Gasteiger partial charge < -0.3 is 10.5 Å². The lowest BCUT2D eigenvalue weighted by atomic mass is 9.85. The molecule has 1 aliphatic carbocycles. The molecule has 2 aromatic carbocycles. The minimum atomic E-state index is 0.334. The van der Waals surface area contributed by atoms with Crippen LogP contribution in [0.15, 0.2) is 36.4 Å². The van der Waals surface area contributed by atoms with E-state index in [1.807, 2.05) is 25.1 Å². The summed E-state index contributed by atoms with van der Waals surface area (Å²) in [7, 11) is 0. The average molecular weight is 343 g/mol. The maximum absolute atomic E-state index is 9.78. The van der Waals surface area contributed by atoms with E-state index in [0.29, 0.717) is 18.0 Å². The van der Waals surface area contributed by atoms with Crippen LogP contribution < -0.4 is 10.5 Å². The van der Waals surface area contributed by atoms with E-state index in [9.17, 15) is 5.26 Å². The molecule has 4 rings (SSSR count). The monoisotopic (exact) mass is 343 g/mol. The number of nitrogens with zero attached hydrogens (tertiary/aromatic N) is 2. The van der Waals surface area contributed by atoms with Crippen LogP contribution in [0, 0.1) is 11.3 Å². The fourth-order valence-corrected chi connectivity index (χ4v) is 3.94. The van der Waals surface area contributed by atoms with Crippen molar-refractivity contribution < 1.29 is 4.74 Å². The van der Waals surface area contributed by atoms with Crippen molar-refractivity contribution in [2.75, 3.05) is 12.3 Å². The van der Waals surface area contributed by atoms with Gasteiger partial charge in [0.15, 0.2) is 0 Å². The normalized spacial score (nSPS) is 13.2. The topological polar surface area (TPSA) is 71.9 Å². The molecule has 26 heavy (non-hydrogen) atoms. The Morgan fingerprint density at radius 2 is 1.88 bits per heavy atom. The van der Waals surface area contributed by atoms with Gasteiger partial charge in [0.05, 0.1) is 6.61 Å². The van der Waals surface area contributed by atoms with E-state index in [1.165, 1.54) is 5.56 Å². The number of fused-ring (bicyclic) bond motifs is 2. The van der Waals surface area contributed by atoms with Crippen molar-refractivity contribution in [1.29, 1.82) is 5.26 Å². The Bertz CT molecular complexity index is 1030. The molecule has 0 bridgehead atoms. The van der Waals surface area contributed by atoms with Crippen molar-refractivity contribution in [3.63, 3.8) is 0 Å². The second-order valence-corrected chi connectivity index (χ2v) is 6.58. The molecule has 0 saturated carbocycles. The summed E-state index contributed by atoms with van der Waals surface area (Å²) in [5.74, 6) is 1.20. The summed E-state index contributed by atoms with van der Waals surface area (Å²) in [6, 6.07) is 14.5. The Hall–Kier alpha value is -3.06. The Labute approximate surface area is 153 Å². The summed E-state index contributed by atoms with van der Waals surface area (Å²) in [6.45, 7) is 2.60. The first-order chi connectivity index (χ1) is 12.7. The molecule has 1 aromatic heterocycles. The van der Waals surface area contributed by atoms with Crippen molar-refractivity contribution >= 4 is 16.6 Å². The summed E-state index contributed by atoms with van der Waals surface area (Å²) in [5, 5.41) is 11.9. The fraction of sp³-hybridized carbons (Fsp3) is 0.273. The minimum absolute atomic E-state index is 0.334. The molecule has 0 unspecified atom stereocenters. The van der Waals surface area contributed by atoms with E-state index < -0.39 is 0 Å². The van der Waals surface area contributed by atoms with E-state index in [2.05, 4.69) is 29.3 Å². The Balaban J connectivity index is 2.07. The number of benzene rings is 2. The first-order valence-electron chi connectivity index (χ1n) is 9.10. The first-order valence-corrected chi connectivity index (χ1v) is 9.10. The van der Waals surface area contributed by atoms with Crippen LogP contribution in [0.3, 0.4) is 0 Å². The second kappa shape index (κ2) is 6.68. The van der Waals surface area contributed by atoms with Crippen LogP contribution in [0.25, 0.3) is 21.9 Å². The first kappa shape index (κ1) is 16.4. The molecule has 0 amide bonds. The molecule has 1 heterocycles. The lowest BCUT2D eigenvalue weighted by Crippen LogP contribution is -2.12. The van der Waals surface area contributed by atoms with Gasteiger partial charge in [0.1, 0.15) is 23.2 Å². The molecule has 0 aliphatic heterocycles. The van der Waals surface area contributed by atoms with E-state index in [1.54, 1.807) is 0 Å². The van der Waals surface area contributed by atoms with Crippen LogP contribution in [-0.4, -0.2) is 11.6 Å². The van der Waals surface area contributed by atoms with Crippen LogP contribution in [-0.2, 0) is 12.8 Å². The summed E-state index contributed by atoms with van der Waals surface area (Å²) < 4.78 is 5.80. The number of nitrogens with two attached hydrogens (primary N) is 1. The van der Waals surface area contributed by atoms with Gasteiger partial charge in [0.25, 0.3) is 0 Å². The van der Waals surface area contributed by atoms with Gasteiger partial charge in [0.2, 0.25) is 0 Å². The van der Waals surface area contributed by atoms with Crippen molar-refractivity contribution in [2.45, 2.75) is 32.6 Å². The summed E-state index contributed by atoms with van der Waals surface area (Å²) in [5.41, 5.74) is 10.8. The number of rotatable bonds is 3. The SMILES string of the molecule is CCOc1ccc(-c2c(C#N)c(N)nc3c2CCCC3)c2ccccc12. The van der Waals surface area contributed by atoms with E-state index >= 15 is 0 Å². The second-order valence-electron chi connectivity index (χ2n) is 6.58. The van der Waals surface area contributed by atoms with Gasteiger partial charge in [-0.05, 0) is 61.3 Å². The molecule has 0 atom stereocenters. The molecule has 0 spiro atoms. The molecular formula is C22H21N3O. The maximum atomic E-state index is 9.78. The number of pyridine rings is 1. The van der Waals surface area contributed by atoms with Crippen molar-refractivity contribution in [2.24, 2.45) is 0 Å². The maximum Gasteiger partial charge on any atom is 0.142 e. The molecule has 0 saturated heterocycles. The highest BCUT2D eigenvalue weighted by Crippen LogP contribution is 2.41. The predicted octanol–water partition coefficient (Wildman–Crippen LogP) is 4.63. The zero-order valence-electron chi connectivity index (χ0n) is 14.9. The molecule has 130 valence electrons.